The summed E-state index contributed by atoms with van der Waals surface area (Å²) in [7, 11) is 0. The van der Waals surface area contributed by atoms with Crippen molar-refractivity contribution in [3.8, 4) is 0 Å². The number of aliphatic hydroxyl groups is 13. The number of aliphatic carboxylic acids is 1. The topological polar surface area (TPSA) is 427 Å². The highest BCUT2D eigenvalue weighted by Gasteiger charge is 2.77. The van der Waals surface area contributed by atoms with Gasteiger partial charge in [-0.05, 0) is 99.7 Å². The molecule has 27 heteroatoms. The predicted molar refractivity (Wildman–Crippen MR) is 308 cm³/mol. The van der Waals surface area contributed by atoms with Crippen LogP contribution in [0.2, 0.25) is 0 Å². The molecule has 4 saturated heterocycles. The highest BCUT2D eigenvalue weighted by Crippen LogP contribution is 2.76. The van der Waals surface area contributed by atoms with Crippen molar-refractivity contribution < 1.29 is 133 Å². The number of aliphatic hydroxyl groups excluding tert-OH is 13. The second-order valence-corrected chi connectivity index (χ2v) is 29.2. The first-order valence-corrected chi connectivity index (χ1v) is 31.9. The molecule has 0 aromatic carbocycles. The summed E-state index contributed by atoms with van der Waals surface area (Å²) in [5.74, 6) is -4.64. The molecule has 8 fully saturated rings. The second kappa shape index (κ2) is 26.2. The number of rotatable bonds is 16. The third-order valence-electron chi connectivity index (χ3n) is 23.7. The van der Waals surface area contributed by atoms with Gasteiger partial charge in [-0.1, -0.05) is 80.0 Å². The van der Waals surface area contributed by atoms with Crippen LogP contribution in [-0.4, -0.2) is 256 Å². The molecule has 0 aromatic rings. The fraction of sp³-hybridized carbons (Fsp3) is 0.889. The number of hydrogen-bond donors (Lipinski definition) is 14. The fourth-order valence-electron chi connectivity index (χ4n) is 17.6. The van der Waals surface area contributed by atoms with Crippen LogP contribution in [0.15, 0.2) is 23.3 Å². The smallest absolute Gasteiger partial charge is 0.335 e. The molecule has 9 rings (SSSR count). The van der Waals surface area contributed by atoms with Gasteiger partial charge in [0.05, 0.1) is 55.6 Å². The Labute approximate surface area is 524 Å². The third-order valence-corrected chi connectivity index (χ3v) is 23.7. The maximum atomic E-state index is 14.0. The van der Waals surface area contributed by atoms with Gasteiger partial charge in [0.1, 0.15) is 85.5 Å². The van der Waals surface area contributed by atoms with Gasteiger partial charge >= 0.3 is 17.9 Å². The minimum atomic E-state index is -2.24. The summed E-state index contributed by atoms with van der Waals surface area (Å²) in [5.41, 5.74) is -4.86. The van der Waals surface area contributed by atoms with Crippen molar-refractivity contribution in [1.29, 1.82) is 0 Å². The zero-order valence-electron chi connectivity index (χ0n) is 53.5. The number of carbonyl (C=O) groups is 3. The number of esters is 2. The van der Waals surface area contributed by atoms with Crippen molar-refractivity contribution in [3.05, 3.63) is 23.3 Å². The number of hydrogen-bond acceptors (Lipinski definition) is 26. The molecule has 0 unspecified atom stereocenters. The number of ether oxygens (including phenoxy) is 10. The van der Waals surface area contributed by atoms with Crippen molar-refractivity contribution in [2.75, 3.05) is 19.8 Å². The molecule has 0 bridgehead atoms. The van der Waals surface area contributed by atoms with Gasteiger partial charge < -0.3 is 119 Å². The van der Waals surface area contributed by atoms with Crippen LogP contribution >= 0.6 is 0 Å². The molecule has 514 valence electrons. The molecular weight excluding hydrogens is 1190 g/mol. The lowest BCUT2D eigenvalue weighted by molar-refractivity contribution is -0.401. The van der Waals surface area contributed by atoms with Gasteiger partial charge in [-0.2, -0.15) is 0 Å². The Kier molecular flexibility index (Phi) is 20.8. The summed E-state index contributed by atoms with van der Waals surface area (Å²) in [6.45, 7) is 20.1. The van der Waals surface area contributed by atoms with Gasteiger partial charge in [-0.15, -0.1) is 0 Å². The summed E-state index contributed by atoms with van der Waals surface area (Å²) in [6, 6.07) is 0. The second-order valence-electron chi connectivity index (χ2n) is 29.2. The van der Waals surface area contributed by atoms with E-state index in [-0.39, 0.29) is 24.7 Å². The van der Waals surface area contributed by atoms with Gasteiger partial charge in [0.25, 0.3) is 0 Å². The molecule has 4 aliphatic heterocycles. The molecule has 4 saturated carbocycles. The predicted octanol–water partition coefficient (Wildman–Crippen LogP) is -0.806. The van der Waals surface area contributed by atoms with E-state index in [0.717, 1.165) is 5.57 Å². The van der Waals surface area contributed by atoms with E-state index >= 15 is 0 Å². The zero-order chi connectivity index (χ0) is 66.6. The minimum absolute atomic E-state index is 0.192. The third kappa shape index (κ3) is 11.6. The van der Waals surface area contributed by atoms with Crippen LogP contribution in [0.3, 0.4) is 0 Å². The van der Waals surface area contributed by atoms with Gasteiger partial charge in [-0.3, -0.25) is 4.79 Å². The first kappa shape index (κ1) is 71.3. The van der Waals surface area contributed by atoms with Crippen LogP contribution in [0.5, 0.6) is 0 Å². The fourth-order valence-corrected chi connectivity index (χ4v) is 17.6. The number of carboxylic acids is 1. The summed E-state index contributed by atoms with van der Waals surface area (Å²) in [4.78, 5) is 40.9. The molecule has 0 radical (unpaired) electrons. The SMILES string of the molecule is C/C=C(/C)C(=O)O[C@H]1[C@H](OC(=O)[C@@H](C)CC)[C@]2(CO)[C@H](O)[C@H](O)[C@]3(C)C(=CC[C@@H]4[C@@]5(C)CC[C@H](O[C@@H]6O[C@H](C(=O)O)[C@@H](O)[C@H](O[C@@H]7OC[C@H](O)[C@H](O)[C@H]7O[C@@H]7O[C@@H](C)[C@@H](O)[C@H](O)[C@H]7O)[C@H]6O[C@@H]6O[C@H](CO)[C@H](O)[C@H](O)[C@H]6O)C(C)(C)[C@@H]5CC[C@]43C)[C@@H]2CC1(C)C. The highest BCUT2D eigenvalue weighted by atomic mass is 16.8. The Balaban J connectivity index is 1.05. The summed E-state index contributed by atoms with van der Waals surface area (Å²) in [6.07, 6.45) is -35.3. The largest absolute Gasteiger partial charge is 0.479 e. The number of allylic oxidation sites excluding steroid dienone is 2. The maximum Gasteiger partial charge on any atom is 0.335 e. The van der Waals surface area contributed by atoms with Crippen molar-refractivity contribution in [1.82, 2.24) is 0 Å². The van der Waals surface area contributed by atoms with Crippen LogP contribution in [0, 0.1) is 56.2 Å². The zero-order valence-corrected chi connectivity index (χ0v) is 53.5. The van der Waals surface area contributed by atoms with Crippen molar-refractivity contribution in [3.63, 3.8) is 0 Å². The lowest BCUT2D eigenvalue weighted by atomic mass is 9.32. The average molecular weight is 1290 g/mol. The number of fused-ring (bicyclic) bond motifs is 7. The van der Waals surface area contributed by atoms with Crippen molar-refractivity contribution in [2.24, 2.45) is 56.2 Å². The molecule has 9 aliphatic rings. The van der Waals surface area contributed by atoms with Gasteiger partial charge in [0.2, 0.25) is 0 Å². The van der Waals surface area contributed by atoms with Crippen LogP contribution < -0.4 is 0 Å². The van der Waals surface area contributed by atoms with E-state index in [0.29, 0.717) is 37.7 Å². The van der Waals surface area contributed by atoms with E-state index in [1.165, 1.54) is 6.92 Å². The Morgan fingerprint density at radius 2 is 1.31 bits per heavy atom. The normalized spacial score (nSPS) is 50.4. The molecule has 0 aromatic heterocycles. The molecule has 0 spiro atoms. The van der Waals surface area contributed by atoms with Gasteiger partial charge in [0.15, 0.2) is 37.4 Å². The summed E-state index contributed by atoms with van der Waals surface area (Å²) < 4.78 is 61.7. The Morgan fingerprint density at radius 1 is 0.689 bits per heavy atom. The Hall–Kier alpha value is -2.95. The van der Waals surface area contributed by atoms with E-state index in [2.05, 4.69) is 19.9 Å². The first-order valence-electron chi connectivity index (χ1n) is 31.9. The molecule has 5 aliphatic carbocycles. The maximum absolute atomic E-state index is 14.0. The molecule has 14 N–H and O–H groups in total. The molecular formula is C63H100O27. The first-order chi connectivity index (χ1) is 42.0. The van der Waals surface area contributed by atoms with Crippen LogP contribution in [0.1, 0.15) is 128 Å². The average Bonchev–Trinajstić information content (AvgIpc) is 0.663. The standard InChI is InChI=1S/C63H100O27/c1-13-25(3)52(79)89-49-50(90-53(80)26(4)14-2)63(24-65)29(21-58(49,6)7)28-15-16-33-60(10)19-18-34(59(8,9)32(60)17-20-61(33,11)62(28,12)47(75)48(63)76)84-57-46(88-55-41(73)39(71)37(69)31(22-64)83-55)43(42(74)44(86-57)51(77)78)85-56-45(36(68)30(66)23-81-56)87-54-40(72)38(70)35(67)27(5)82-54/h13,15,26-27,29-50,54-57,64-76H,14,16-24H2,1-12H3,(H,77,78)/b25-13-/t26-,27-,29-,30-,31+,32-,33+,34-,35+,36-,37-,38-,39-,40+,41+,42-,43-,44-,45+,46+,47-,48+,49-,50-,54-,55-,56-,57+,60-,61+,62-,63-/m0/s1. The van der Waals surface area contributed by atoms with Crippen LogP contribution in [-0.2, 0) is 61.8 Å². The quantitative estimate of drug-likeness (QED) is 0.0389. The Morgan fingerprint density at radius 3 is 1.92 bits per heavy atom. The van der Waals surface area contributed by atoms with Crippen LogP contribution in [0.4, 0.5) is 0 Å². The van der Waals surface area contributed by atoms with Crippen LogP contribution in [0.25, 0.3) is 0 Å². The number of carboxylic acid groups (broad SMARTS) is 1. The lowest BCUT2D eigenvalue weighted by Crippen LogP contribution is -2.76. The Bertz CT molecular complexity index is 2640. The van der Waals surface area contributed by atoms with E-state index < -0.39 is 229 Å². The molecule has 90 heavy (non-hydrogen) atoms. The minimum Gasteiger partial charge on any atom is -0.479 e. The summed E-state index contributed by atoms with van der Waals surface area (Å²) >= 11 is 0. The van der Waals surface area contributed by atoms with E-state index in [1.54, 1.807) is 26.8 Å². The van der Waals surface area contributed by atoms with E-state index in [9.17, 15) is 85.9 Å². The highest BCUT2D eigenvalue weighted by molar-refractivity contribution is 5.88. The molecule has 0 amide bonds. The van der Waals surface area contributed by atoms with Gasteiger partial charge in [0, 0.05) is 16.4 Å². The lowest BCUT2D eigenvalue weighted by Gasteiger charge is -2.73. The molecule has 4 heterocycles. The summed E-state index contributed by atoms with van der Waals surface area (Å²) in [5, 5.41) is 158. The monoisotopic (exact) mass is 1290 g/mol. The molecule has 27 nitrogen and oxygen atoms in total. The van der Waals surface area contributed by atoms with E-state index in [4.69, 9.17) is 47.4 Å². The van der Waals surface area contributed by atoms with Crippen molar-refractivity contribution >= 4 is 17.9 Å². The van der Waals surface area contributed by atoms with Gasteiger partial charge in [-0.25, -0.2) is 9.59 Å². The molecule has 32 atom stereocenters. The number of carbonyl (C=O) groups excluding carboxylic acids is 2. The van der Waals surface area contributed by atoms with Crippen molar-refractivity contribution in [2.45, 2.75) is 275 Å². The van der Waals surface area contributed by atoms with E-state index in [1.807, 2.05) is 41.5 Å².